The van der Waals surface area contributed by atoms with Crippen LogP contribution in [0.4, 0.5) is 0 Å². The van der Waals surface area contributed by atoms with Gasteiger partial charge in [-0.2, -0.15) is 0 Å². The normalized spacial score (nSPS) is 18.9. The van der Waals surface area contributed by atoms with Crippen molar-refractivity contribution in [1.82, 2.24) is 0 Å². The van der Waals surface area contributed by atoms with Crippen molar-refractivity contribution < 1.29 is 0 Å². The first-order valence-corrected chi connectivity index (χ1v) is 7.93. The Balaban J connectivity index is 2.06. The topological polar surface area (TPSA) is 0 Å². The Labute approximate surface area is 114 Å². The average molecular weight is 295 g/mol. The molecule has 0 aliphatic heterocycles. The largest absolute Gasteiger partial charge is 0.0616 e. The smallest absolute Gasteiger partial charge is 0.0239 e. The maximum absolute atomic E-state index is 3.80. The monoisotopic (exact) mass is 294 g/mol. The lowest BCUT2D eigenvalue weighted by Crippen LogP contribution is -1.93. The standard InChI is InChI=1S/C16H23Br/c17-16-14-10-7-5-3-1-2-4-6-8-11-15(16)13-9-12-14/h9,12-13H,1-8,10-11H2. The highest BCUT2D eigenvalue weighted by atomic mass is 79.9. The van der Waals surface area contributed by atoms with Crippen molar-refractivity contribution in [1.29, 1.82) is 0 Å². The molecular formula is C16H23Br. The minimum absolute atomic E-state index is 1.24. The van der Waals surface area contributed by atoms with Gasteiger partial charge in [0.25, 0.3) is 0 Å². The van der Waals surface area contributed by atoms with Gasteiger partial charge in [-0.1, -0.05) is 72.7 Å². The van der Waals surface area contributed by atoms with Crippen LogP contribution in [0.25, 0.3) is 0 Å². The second-order valence-electron chi connectivity index (χ2n) is 5.22. The van der Waals surface area contributed by atoms with E-state index in [1.54, 1.807) is 0 Å². The fourth-order valence-electron chi connectivity index (χ4n) is 2.71. The summed E-state index contributed by atoms with van der Waals surface area (Å²) in [7, 11) is 0. The highest BCUT2D eigenvalue weighted by molar-refractivity contribution is 9.10. The van der Waals surface area contributed by atoms with Crippen molar-refractivity contribution in [2.45, 2.75) is 64.2 Å². The van der Waals surface area contributed by atoms with Gasteiger partial charge < -0.3 is 0 Å². The van der Waals surface area contributed by atoms with E-state index in [9.17, 15) is 0 Å². The molecule has 0 saturated carbocycles. The molecule has 0 atom stereocenters. The van der Waals surface area contributed by atoms with Crippen LogP contribution in [-0.4, -0.2) is 0 Å². The average Bonchev–Trinajstić information content (AvgIpc) is 2.35. The van der Waals surface area contributed by atoms with E-state index in [4.69, 9.17) is 0 Å². The van der Waals surface area contributed by atoms with Gasteiger partial charge in [-0.15, -0.1) is 0 Å². The van der Waals surface area contributed by atoms with Crippen LogP contribution in [0, 0.1) is 0 Å². The van der Waals surface area contributed by atoms with Crippen molar-refractivity contribution in [3.05, 3.63) is 33.8 Å². The Hall–Kier alpha value is -0.300. The number of benzene rings is 1. The summed E-state index contributed by atoms with van der Waals surface area (Å²) in [5.74, 6) is 0. The van der Waals surface area contributed by atoms with E-state index in [1.165, 1.54) is 79.8 Å². The molecule has 1 aliphatic carbocycles. The number of fused-ring (bicyclic) bond motifs is 2. The van der Waals surface area contributed by atoms with Crippen molar-refractivity contribution in [3.8, 4) is 0 Å². The number of rotatable bonds is 0. The van der Waals surface area contributed by atoms with E-state index in [0.29, 0.717) is 0 Å². The first-order valence-electron chi connectivity index (χ1n) is 7.14. The van der Waals surface area contributed by atoms with Gasteiger partial charge in [-0.3, -0.25) is 0 Å². The van der Waals surface area contributed by atoms with Crippen LogP contribution in [0.5, 0.6) is 0 Å². The van der Waals surface area contributed by atoms with E-state index in [1.807, 2.05) is 0 Å². The molecule has 1 aromatic carbocycles. The maximum Gasteiger partial charge on any atom is 0.0239 e. The lowest BCUT2D eigenvalue weighted by molar-refractivity contribution is 0.570. The summed E-state index contributed by atoms with van der Waals surface area (Å²) < 4.78 is 1.39. The highest BCUT2D eigenvalue weighted by Crippen LogP contribution is 2.26. The maximum atomic E-state index is 3.80. The quantitative estimate of drug-likeness (QED) is 0.578. The van der Waals surface area contributed by atoms with Gasteiger partial charge in [0.1, 0.15) is 0 Å². The molecule has 0 nitrogen and oxygen atoms in total. The zero-order valence-corrected chi connectivity index (χ0v) is 12.3. The van der Waals surface area contributed by atoms with E-state index < -0.39 is 0 Å². The van der Waals surface area contributed by atoms with Crippen LogP contribution in [0.1, 0.15) is 62.5 Å². The molecule has 2 bridgehead atoms. The van der Waals surface area contributed by atoms with Crippen molar-refractivity contribution in [2.24, 2.45) is 0 Å². The lowest BCUT2D eigenvalue weighted by Gasteiger charge is -2.09. The minimum atomic E-state index is 1.24. The number of halogens is 1. The molecule has 1 aliphatic rings. The fraction of sp³-hybridized carbons (Fsp3) is 0.625. The summed E-state index contributed by atoms with van der Waals surface area (Å²) in [6, 6.07) is 6.80. The van der Waals surface area contributed by atoms with Crippen LogP contribution in [0.15, 0.2) is 22.7 Å². The van der Waals surface area contributed by atoms with Gasteiger partial charge in [0.05, 0.1) is 0 Å². The summed E-state index contributed by atoms with van der Waals surface area (Å²) in [6.07, 6.45) is 13.7. The third kappa shape index (κ3) is 4.13. The predicted octanol–water partition coefficient (Wildman–Crippen LogP) is 5.67. The zero-order chi connectivity index (χ0) is 11.9. The molecule has 0 amide bonds. The zero-order valence-electron chi connectivity index (χ0n) is 10.7. The summed E-state index contributed by atoms with van der Waals surface area (Å²) >= 11 is 3.80. The summed E-state index contributed by atoms with van der Waals surface area (Å²) in [5, 5.41) is 0. The molecule has 94 valence electrons. The Bertz CT molecular complexity index is 313. The van der Waals surface area contributed by atoms with E-state index in [2.05, 4.69) is 34.1 Å². The molecule has 2 rings (SSSR count). The number of hydrogen-bond acceptors (Lipinski definition) is 0. The molecule has 1 heteroatoms. The molecular weight excluding hydrogens is 272 g/mol. The molecule has 0 unspecified atom stereocenters. The van der Waals surface area contributed by atoms with Crippen LogP contribution in [0.3, 0.4) is 0 Å². The molecule has 0 spiro atoms. The van der Waals surface area contributed by atoms with Crippen LogP contribution in [-0.2, 0) is 12.8 Å². The Morgan fingerprint density at radius 3 is 1.53 bits per heavy atom. The SMILES string of the molecule is Brc1c2cccc1CCCCCCCCCC2. The molecule has 17 heavy (non-hydrogen) atoms. The molecule has 1 aromatic rings. The van der Waals surface area contributed by atoms with E-state index >= 15 is 0 Å². The molecule has 0 saturated heterocycles. The molecule has 0 N–H and O–H groups in total. The minimum Gasteiger partial charge on any atom is -0.0616 e. The summed E-state index contributed by atoms with van der Waals surface area (Å²) in [4.78, 5) is 0. The Morgan fingerprint density at radius 1 is 0.647 bits per heavy atom. The van der Waals surface area contributed by atoms with Gasteiger partial charge in [0, 0.05) is 4.47 Å². The molecule has 0 aromatic heterocycles. The Kier molecular flexibility index (Phi) is 5.57. The third-order valence-electron chi connectivity index (χ3n) is 3.80. The molecule has 0 fully saturated rings. The van der Waals surface area contributed by atoms with Crippen LogP contribution < -0.4 is 0 Å². The van der Waals surface area contributed by atoms with Crippen LogP contribution in [0.2, 0.25) is 0 Å². The second kappa shape index (κ2) is 7.20. The first kappa shape index (κ1) is 13.1. The predicted molar refractivity (Wildman–Crippen MR) is 78.5 cm³/mol. The molecule has 0 radical (unpaired) electrons. The van der Waals surface area contributed by atoms with Gasteiger partial charge in [0.15, 0.2) is 0 Å². The van der Waals surface area contributed by atoms with E-state index in [0.717, 1.165) is 0 Å². The van der Waals surface area contributed by atoms with Gasteiger partial charge >= 0.3 is 0 Å². The van der Waals surface area contributed by atoms with Gasteiger partial charge in [-0.05, 0) is 36.8 Å². The number of hydrogen-bond donors (Lipinski definition) is 0. The fourth-order valence-corrected chi connectivity index (χ4v) is 3.37. The van der Waals surface area contributed by atoms with Crippen molar-refractivity contribution in [3.63, 3.8) is 0 Å². The summed E-state index contributed by atoms with van der Waals surface area (Å²) in [5.41, 5.74) is 3.03. The second-order valence-corrected chi connectivity index (χ2v) is 6.01. The van der Waals surface area contributed by atoms with Crippen molar-refractivity contribution in [2.75, 3.05) is 0 Å². The van der Waals surface area contributed by atoms with Crippen LogP contribution >= 0.6 is 15.9 Å². The van der Waals surface area contributed by atoms with Crippen molar-refractivity contribution >= 4 is 15.9 Å². The number of aryl methyl sites for hydroxylation is 2. The Morgan fingerprint density at radius 2 is 1.06 bits per heavy atom. The summed E-state index contributed by atoms with van der Waals surface area (Å²) in [6.45, 7) is 0. The third-order valence-corrected chi connectivity index (χ3v) is 4.82. The first-order chi connectivity index (χ1) is 8.38. The lowest BCUT2D eigenvalue weighted by atomic mass is 10.0. The van der Waals surface area contributed by atoms with E-state index in [-0.39, 0.29) is 0 Å². The molecule has 0 heterocycles. The highest BCUT2D eigenvalue weighted by Gasteiger charge is 2.06. The van der Waals surface area contributed by atoms with Gasteiger partial charge in [-0.25, -0.2) is 0 Å². The van der Waals surface area contributed by atoms with Gasteiger partial charge in [0.2, 0.25) is 0 Å².